The lowest BCUT2D eigenvalue weighted by Gasteiger charge is -2.27. The van der Waals surface area contributed by atoms with Crippen molar-refractivity contribution in [2.45, 2.75) is 83.8 Å². The lowest BCUT2D eigenvalue weighted by Crippen LogP contribution is -2.60. The first kappa shape index (κ1) is 40.3. The molecule has 0 fully saturated rings. The van der Waals surface area contributed by atoms with Gasteiger partial charge in [0.25, 0.3) is 0 Å². The predicted octanol–water partition coefficient (Wildman–Crippen LogP) is 0.249. The average molecular weight is 668 g/mol. The first-order valence-electron chi connectivity index (χ1n) is 15.2. The Labute approximate surface area is 274 Å². The number of nitrogens with one attached hydrogen (secondary N) is 5. The van der Waals surface area contributed by atoms with Gasteiger partial charge in [-0.15, -0.1) is 0 Å². The number of amides is 5. The summed E-state index contributed by atoms with van der Waals surface area (Å²) in [6.07, 6.45) is 2.34. The molecule has 0 aliphatic rings. The molecule has 15 heteroatoms. The molecule has 46 heavy (non-hydrogen) atoms. The second-order valence-corrected chi connectivity index (χ2v) is 12.6. The van der Waals surface area contributed by atoms with E-state index in [4.69, 9.17) is 4.74 Å². The van der Waals surface area contributed by atoms with E-state index in [1.807, 2.05) is 34.0 Å². The number of aldehydes is 1. The number of ether oxygens (including phenoxy) is 1. The molecule has 0 unspecified atom stereocenters. The van der Waals surface area contributed by atoms with Gasteiger partial charge in [0.2, 0.25) is 23.6 Å². The van der Waals surface area contributed by atoms with Crippen molar-refractivity contribution in [3.05, 3.63) is 35.9 Å². The van der Waals surface area contributed by atoms with E-state index in [1.54, 1.807) is 30.3 Å². The van der Waals surface area contributed by atoms with Gasteiger partial charge in [0.15, 0.2) is 0 Å². The van der Waals surface area contributed by atoms with E-state index < -0.39 is 73.1 Å². The highest BCUT2D eigenvalue weighted by Gasteiger charge is 2.32. The largest absolute Gasteiger partial charge is 0.445 e. The van der Waals surface area contributed by atoms with Crippen molar-refractivity contribution >= 4 is 47.8 Å². The lowest BCUT2D eigenvalue weighted by molar-refractivity contribution is -0.135. The Hall–Kier alpha value is -3.69. The quantitative estimate of drug-likeness (QED) is 0.0888. The van der Waals surface area contributed by atoms with Crippen molar-refractivity contribution in [2.24, 2.45) is 11.8 Å². The van der Waals surface area contributed by atoms with Crippen LogP contribution in [0.25, 0.3) is 0 Å². The van der Waals surface area contributed by atoms with Gasteiger partial charge < -0.3 is 46.3 Å². The molecule has 1 aromatic carbocycles. The smallest absolute Gasteiger partial charge is 0.408 e. The van der Waals surface area contributed by atoms with Crippen molar-refractivity contribution in [3.8, 4) is 0 Å². The normalized spacial score (nSPS) is 14.3. The van der Waals surface area contributed by atoms with Gasteiger partial charge in [-0.2, -0.15) is 11.8 Å². The highest BCUT2D eigenvalue weighted by molar-refractivity contribution is 7.98. The summed E-state index contributed by atoms with van der Waals surface area (Å²) in [6, 6.07) is 2.91. The van der Waals surface area contributed by atoms with Gasteiger partial charge in [-0.25, -0.2) is 4.79 Å². The third-order valence-electron chi connectivity index (χ3n) is 6.62. The molecule has 14 nitrogen and oxygen atoms in total. The second-order valence-electron chi connectivity index (χ2n) is 11.6. The predicted molar refractivity (Wildman–Crippen MR) is 173 cm³/mol. The number of alkyl carbamates (subject to hydrolysis) is 1. The van der Waals surface area contributed by atoms with Crippen molar-refractivity contribution < 1.29 is 43.7 Å². The molecule has 0 bridgehead atoms. The molecule has 0 aliphatic heterocycles. The van der Waals surface area contributed by atoms with E-state index in [9.17, 15) is 39.0 Å². The van der Waals surface area contributed by atoms with Crippen LogP contribution >= 0.6 is 11.8 Å². The first-order valence-corrected chi connectivity index (χ1v) is 16.6. The van der Waals surface area contributed by atoms with Gasteiger partial charge in [0.1, 0.15) is 37.1 Å². The number of aliphatic hydroxyl groups is 2. The third-order valence-corrected chi connectivity index (χ3v) is 7.26. The number of carbonyl (C=O) groups is 6. The Bertz CT molecular complexity index is 1120. The van der Waals surface area contributed by atoms with Crippen LogP contribution in [0, 0.1) is 11.8 Å². The van der Waals surface area contributed by atoms with Crippen LogP contribution < -0.4 is 26.6 Å². The monoisotopic (exact) mass is 667 g/mol. The van der Waals surface area contributed by atoms with E-state index in [-0.39, 0.29) is 31.3 Å². The maximum Gasteiger partial charge on any atom is 0.408 e. The minimum absolute atomic E-state index is 0.00718. The van der Waals surface area contributed by atoms with Crippen LogP contribution in [0.2, 0.25) is 0 Å². The zero-order chi connectivity index (χ0) is 34.6. The summed E-state index contributed by atoms with van der Waals surface area (Å²) in [7, 11) is 0. The lowest BCUT2D eigenvalue weighted by atomic mass is 10.0. The molecular formula is C31H49N5O9S. The SMILES string of the molecule is CSCC[C@H](NC(=O)[C@H](CO)NC(=O)[C@H](CO)NC(=O)OCc1ccccc1)C(=O)N[C@@H](CC(C)C)C(=O)N[C@H](C=O)CC(C)C. The number of rotatable bonds is 21. The Morgan fingerprint density at radius 2 is 1.24 bits per heavy atom. The third kappa shape index (κ3) is 15.5. The fourth-order valence-corrected chi connectivity index (χ4v) is 4.73. The summed E-state index contributed by atoms with van der Waals surface area (Å²) in [5, 5.41) is 31.9. The zero-order valence-corrected chi connectivity index (χ0v) is 27.9. The molecule has 0 saturated carbocycles. The molecular weight excluding hydrogens is 618 g/mol. The zero-order valence-electron chi connectivity index (χ0n) is 27.1. The van der Waals surface area contributed by atoms with Crippen LogP contribution in [-0.2, 0) is 35.3 Å². The topological polar surface area (TPSA) is 212 Å². The highest BCUT2D eigenvalue weighted by atomic mass is 32.2. The number of hydrogen-bond donors (Lipinski definition) is 7. The highest BCUT2D eigenvalue weighted by Crippen LogP contribution is 2.10. The van der Waals surface area contributed by atoms with Gasteiger partial charge in [-0.05, 0) is 48.7 Å². The van der Waals surface area contributed by atoms with Gasteiger partial charge in [-0.1, -0.05) is 58.0 Å². The number of aliphatic hydroxyl groups excluding tert-OH is 2. The van der Waals surface area contributed by atoms with E-state index >= 15 is 0 Å². The fraction of sp³-hybridized carbons (Fsp3) is 0.613. The number of carbonyl (C=O) groups excluding carboxylic acids is 6. The molecule has 7 N–H and O–H groups in total. The molecule has 0 spiro atoms. The number of hydrogen-bond acceptors (Lipinski definition) is 10. The Morgan fingerprint density at radius 1 is 0.739 bits per heavy atom. The maximum absolute atomic E-state index is 13.4. The van der Waals surface area contributed by atoms with Crippen molar-refractivity contribution in [3.63, 3.8) is 0 Å². The first-order chi connectivity index (χ1) is 21.8. The molecule has 0 heterocycles. The van der Waals surface area contributed by atoms with Crippen LogP contribution in [0.15, 0.2) is 30.3 Å². The van der Waals surface area contributed by atoms with E-state index in [1.165, 1.54) is 11.8 Å². The summed E-state index contributed by atoms with van der Waals surface area (Å²) >= 11 is 1.42. The van der Waals surface area contributed by atoms with Crippen molar-refractivity contribution in [1.29, 1.82) is 0 Å². The van der Waals surface area contributed by atoms with E-state index in [0.717, 1.165) is 0 Å². The average Bonchev–Trinajstić information content (AvgIpc) is 3.02. The molecule has 0 saturated heterocycles. The summed E-state index contributed by atoms with van der Waals surface area (Å²) in [5.74, 6) is -2.45. The molecule has 5 amide bonds. The molecule has 0 radical (unpaired) electrons. The maximum atomic E-state index is 13.4. The minimum atomic E-state index is -1.53. The van der Waals surface area contributed by atoms with Crippen LogP contribution in [0.4, 0.5) is 4.79 Å². The van der Waals surface area contributed by atoms with Gasteiger partial charge in [0.05, 0.1) is 19.3 Å². The van der Waals surface area contributed by atoms with Crippen LogP contribution in [0.3, 0.4) is 0 Å². The van der Waals surface area contributed by atoms with Crippen molar-refractivity contribution in [2.75, 3.05) is 25.2 Å². The van der Waals surface area contributed by atoms with Crippen LogP contribution in [0.1, 0.15) is 52.5 Å². The van der Waals surface area contributed by atoms with Crippen LogP contribution in [-0.4, -0.2) is 102 Å². The molecule has 1 rings (SSSR count). The van der Waals surface area contributed by atoms with E-state index in [2.05, 4.69) is 26.6 Å². The molecule has 1 aromatic rings. The Morgan fingerprint density at radius 3 is 1.76 bits per heavy atom. The number of benzene rings is 1. The molecule has 258 valence electrons. The van der Waals surface area contributed by atoms with Crippen LogP contribution in [0.5, 0.6) is 0 Å². The van der Waals surface area contributed by atoms with Crippen molar-refractivity contribution in [1.82, 2.24) is 26.6 Å². The molecule has 0 aromatic heterocycles. The standard InChI is InChI=1S/C31H49N5O9S/c1-19(2)13-22(15-37)32-28(41)24(14-20(3)4)34-27(40)23(11-12-46-5)33-29(42)25(16-38)35-30(43)26(17-39)36-31(44)45-18-21-9-7-6-8-10-21/h6-10,15,19-20,22-26,38-39H,11-14,16-18H2,1-5H3,(H,32,41)(H,33,42)(H,34,40)(H,35,43)(H,36,44)/t22-,23-,24-,25-,26-/m0/s1. The Balaban J connectivity index is 2.92. The molecule has 5 atom stereocenters. The summed E-state index contributed by atoms with van der Waals surface area (Å²) in [4.78, 5) is 76.0. The summed E-state index contributed by atoms with van der Waals surface area (Å²) < 4.78 is 5.06. The van der Waals surface area contributed by atoms with Gasteiger partial charge in [-0.3, -0.25) is 19.2 Å². The van der Waals surface area contributed by atoms with Gasteiger partial charge in [0, 0.05) is 0 Å². The number of thioether (sulfide) groups is 1. The van der Waals surface area contributed by atoms with E-state index in [0.29, 0.717) is 24.0 Å². The molecule has 0 aliphatic carbocycles. The minimum Gasteiger partial charge on any atom is -0.445 e. The van der Waals surface area contributed by atoms with Gasteiger partial charge >= 0.3 is 6.09 Å². The summed E-state index contributed by atoms with van der Waals surface area (Å²) in [5.41, 5.74) is 0.701. The summed E-state index contributed by atoms with van der Waals surface area (Å²) in [6.45, 7) is 5.81. The fourth-order valence-electron chi connectivity index (χ4n) is 4.26. The Kier molecular flexibility index (Phi) is 19.2. The second kappa shape index (κ2) is 21.9.